The van der Waals surface area contributed by atoms with Crippen molar-refractivity contribution in [3.05, 3.63) is 22.1 Å². The first-order valence-corrected chi connectivity index (χ1v) is 3.88. The van der Waals surface area contributed by atoms with Crippen molar-refractivity contribution in [2.45, 2.75) is 19.4 Å². The smallest absolute Gasteiger partial charge is 0.358 e. The van der Waals surface area contributed by atoms with Gasteiger partial charge >= 0.3 is 5.82 Å². The first-order chi connectivity index (χ1) is 6.18. The summed E-state index contributed by atoms with van der Waals surface area (Å²) in [6, 6.07) is 0. The average Bonchev–Trinajstić information content (AvgIpc) is 2.46. The summed E-state index contributed by atoms with van der Waals surface area (Å²) >= 11 is 0. The molecule has 0 unspecified atom stereocenters. The molecule has 0 saturated carbocycles. The van der Waals surface area contributed by atoms with Gasteiger partial charge in [-0.05, 0) is 9.91 Å². The van der Waals surface area contributed by atoms with Crippen molar-refractivity contribution < 1.29 is 9.72 Å². The summed E-state index contributed by atoms with van der Waals surface area (Å²) in [5.74, 6) is -0.149. The molecule has 0 saturated heterocycles. The van der Waals surface area contributed by atoms with Crippen LogP contribution in [0.1, 0.15) is 12.1 Å². The summed E-state index contributed by atoms with van der Waals surface area (Å²) in [4.78, 5) is 24.6. The van der Waals surface area contributed by atoms with Gasteiger partial charge in [0.05, 0.1) is 6.42 Å². The van der Waals surface area contributed by atoms with Gasteiger partial charge < -0.3 is 14.7 Å². The van der Waals surface area contributed by atoms with Gasteiger partial charge in [0.25, 0.3) is 0 Å². The van der Waals surface area contributed by atoms with Crippen molar-refractivity contribution >= 4 is 11.6 Å². The maximum Gasteiger partial charge on any atom is 0.385 e. The van der Waals surface area contributed by atoms with Gasteiger partial charge in [-0.25, -0.2) is 0 Å². The number of nitrogens with zero attached hydrogens (tertiary/aromatic N) is 3. The Morgan fingerprint density at radius 3 is 3.08 bits per heavy atom. The van der Waals surface area contributed by atoms with Gasteiger partial charge in [-0.3, -0.25) is 4.79 Å². The number of carbonyl (C=O) groups is 1. The van der Waals surface area contributed by atoms with Crippen molar-refractivity contribution in [3.8, 4) is 0 Å². The normalized spacial score (nSPS) is 15.5. The van der Waals surface area contributed by atoms with E-state index >= 15 is 0 Å². The van der Waals surface area contributed by atoms with Crippen molar-refractivity contribution in [2.24, 2.45) is 0 Å². The highest BCUT2D eigenvalue weighted by atomic mass is 16.6. The van der Waals surface area contributed by atoms with Crippen molar-refractivity contribution in [3.63, 3.8) is 0 Å². The zero-order valence-corrected chi connectivity index (χ0v) is 6.77. The molecule has 0 radical (unpaired) electrons. The van der Waals surface area contributed by atoms with Crippen molar-refractivity contribution in [1.82, 2.24) is 9.55 Å². The summed E-state index contributed by atoms with van der Waals surface area (Å²) in [7, 11) is 0. The largest absolute Gasteiger partial charge is 0.385 e. The molecular weight excluding hydrogens is 174 g/mol. The number of fused-ring (bicyclic) bond motifs is 1. The number of ketones is 1. The van der Waals surface area contributed by atoms with E-state index < -0.39 is 4.92 Å². The molecule has 68 valence electrons. The highest BCUT2D eigenvalue weighted by molar-refractivity contribution is 5.82. The third kappa shape index (κ3) is 1.20. The van der Waals surface area contributed by atoms with E-state index in [0.717, 1.165) is 0 Å². The number of rotatable bonds is 1. The highest BCUT2D eigenvalue weighted by Gasteiger charge is 2.26. The van der Waals surface area contributed by atoms with E-state index in [2.05, 4.69) is 4.98 Å². The second kappa shape index (κ2) is 2.65. The van der Waals surface area contributed by atoms with Gasteiger partial charge in [0.2, 0.25) is 6.33 Å². The summed E-state index contributed by atoms with van der Waals surface area (Å²) in [6.45, 7) is 0.509. The van der Waals surface area contributed by atoms with E-state index in [-0.39, 0.29) is 18.0 Å². The van der Waals surface area contributed by atoms with Gasteiger partial charge in [0, 0.05) is 13.0 Å². The Kier molecular flexibility index (Phi) is 1.61. The molecule has 13 heavy (non-hydrogen) atoms. The number of aryl methyl sites for hydroxylation is 1. The van der Waals surface area contributed by atoms with Crippen LogP contribution in [0.3, 0.4) is 0 Å². The maximum atomic E-state index is 11.0. The minimum atomic E-state index is -0.551. The summed E-state index contributed by atoms with van der Waals surface area (Å²) in [6.07, 6.45) is 2.00. The Balaban J connectivity index is 2.46. The van der Waals surface area contributed by atoms with Crippen molar-refractivity contribution in [2.75, 3.05) is 0 Å². The minimum Gasteiger partial charge on any atom is -0.358 e. The van der Waals surface area contributed by atoms with Crippen LogP contribution in [0.15, 0.2) is 6.33 Å². The zero-order valence-electron chi connectivity index (χ0n) is 6.77. The predicted octanol–water partition coefficient (Wildman–Crippen LogP) is 0.307. The van der Waals surface area contributed by atoms with Crippen LogP contribution < -0.4 is 0 Å². The fraction of sp³-hybridized carbons (Fsp3) is 0.429. The number of aromatic nitrogens is 2. The summed E-state index contributed by atoms with van der Waals surface area (Å²) < 4.78 is 1.67. The lowest BCUT2D eigenvalue weighted by atomic mass is 10.1. The van der Waals surface area contributed by atoms with Crippen LogP contribution in [0, 0.1) is 10.1 Å². The highest BCUT2D eigenvalue weighted by Crippen LogP contribution is 2.21. The minimum absolute atomic E-state index is 0.0381. The summed E-state index contributed by atoms with van der Waals surface area (Å²) in [5.41, 5.74) is 0.432. The Morgan fingerprint density at radius 2 is 2.38 bits per heavy atom. The van der Waals surface area contributed by atoms with Crippen LogP contribution in [-0.2, 0) is 17.8 Å². The van der Waals surface area contributed by atoms with Crippen LogP contribution >= 0.6 is 0 Å². The zero-order chi connectivity index (χ0) is 9.42. The molecule has 0 bridgehead atoms. The molecule has 1 aliphatic heterocycles. The lowest BCUT2D eigenvalue weighted by Gasteiger charge is -2.10. The Bertz CT molecular complexity index is 382. The van der Waals surface area contributed by atoms with Gasteiger partial charge in [-0.15, -0.1) is 0 Å². The third-order valence-electron chi connectivity index (χ3n) is 2.09. The number of nitro groups is 1. The molecule has 6 nitrogen and oxygen atoms in total. The van der Waals surface area contributed by atoms with Gasteiger partial charge in [0.1, 0.15) is 11.5 Å². The Morgan fingerprint density at radius 1 is 1.62 bits per heavy atom. The molecule has 0 aliphatic carbocycles. The summed E-state index contributed by atoms with van der Waals surface area (Å²) in [5, 5.41) is 10.5. The topological polar surface area (TPSA) is 78.0 Å². The molecule has 0 amide bonds. The molecule has 1 aromatic heterocycles. The van der Waals surface area contributed by atoms with Gasteiger partial charge in [-0.2, -0.15) is 0 Å². The van der Waals surface area contributed by atoms with E-state index in [1.807, 2.05) is 0 Å². The average molecular weight is 181 g/mol. The molecule has 6 heteroatoms. The fourth-order valence-corrected chi connectivity index (χ4v) is 1.44. The van der Waals surface area contributed by atoms with E-state index in [0.29, 0.717) is 18.7 Å². The second-order valence-corrected chi connectivity index (χ2v) is 2.93. The SMILES string of the molecule is O=C1CCn2cnc([N+](=O)[O-])c2C1. The van der Waals surface area contributed by atoms with Crippen LogP contribution in [0.25, 0.3) is 0 Å². The molecule has 0 atom stereocenters. The number of hydrogen-bond acceptors (Lipinski definition) is 4. The first-order valence-electron chi connectivity index (χ1n) is 3.88. The van der Waals surface area contributed by atoms with Gasteiger partial charge in [-0.1, -0.05) is 0 Å². The van der Waals surface area contributed by atoms with Gasteiger partial charge in [0.15, 0.2) is 0 Å². The molecular formula is C7H7N3O3. The monoisotopic (exact) mass is 181 g/mol. The predicted molar refractivity (Wildman–Crippen MR) is 42.2 cm³/mol. The van der Waals surface area contributed by atoms with E-state index in [4.69, 9.17) is 0 Å². The van der Waals surface area contributed by atoms with Crippen LogP contribution in [0.4, 0.5) is 5.82 Å². The van der Waals surface area contributed by atoms with E-state index in [1.54, 1.807) is 4.57 Å². The maximum absolute atomic E-state index is 11.0. The Labute approximate surface area is 73.3 Å². The van der Waals surface area contributed by atoms with E-state index in [9.17, 15) is 14.9 Å². The molecule has 0 aromatic carbocycles. The molecule has 1 aromatic rings. The third-order valence-corrected chi connectivity index (χ3v) is 2.09. The Hall–Kier alpha value is -1.72. The molecule has 0 spiro atoms. The van der Waals surface area contributed by atoms with E-state index in [1.165, 1.54) is 6.33 Å². The quantitative estimate of drug-likeness (QED) is 0.461. The number of Topliss-reactive ketones (excluding diaryl/α,β-unsaturated/α-hetero) is 1. The molecule has 2 heterocycles. The van der Waals surface area contributed by atoms with Crippen LogP contribution in [0.2, 0.25) is 0 Å². The van der Waals surface area contributed by atoms with Crippen LogP contribution in [0.5, 0.6) is 0 Å². The molecule has 2 rings (SSSR count). The second-order valence-electron chi connectivity index (χ2n) is 2.93. The number of imidazole rings is 1. The molecule has 1 aliphatic rings. The lowest BCUT2D eigenvalue weighted by molar-refractivity contribution is -0.390. The number of hydrogen-bond donors (Lipinski definition) is 0. The van der Waals surface area contributed by atoms with Crippen molar-refractivity contribution in [1.29, 1.82) is 0 Å². The first kappa shape index (κ1) is 7.90. The van der Waals surface area contributed by atoms with Crippen LogP contribution in [-0.4, -0.2) is 20.3 Å². The lowest BCUT2D eigenvalue weighted by Crippen LogP contribution is -2.18. The number of carbonyl (C=O) groups excluding carboxylic acids is 1. The molecule has 0 fully saturated rings. The fourth-order valence-electron chi connectivity index (χ4n) is 1.44. The molecule has 0 N–H and O–H groups in total. The standard InChI is InChI=1S/C7H7N3O3/c11-5-1-2-9-4-8-7(10(12)13)6(9)3-5/h4H,1-3H2.